The average Bonchev–Trinajstić information content (AvgIpc) is 3.04. The van der Waals surface area contributed by atoms with Gasteiger partial charge in [-0.2, -0.15) is 0 Å². The molecule has 22 heavy (non-hydrogen) atoms. The predicted octanol–water partition coefficient (Wildman–Crippen LogP) is 2.14. The highest BCUT2D eigenvalue weighted by molar-refractivity contribution is 5.64. The Hall–Kier alpha value is -2.76. The molecule has 0 spiro atoms. The molecule has 0 saturated heterocycles. The number of aromatic hydroxyl groups is 1. The van der Waals surface area contributed by atoms with Crippen LogP contribution >= 0.6 is 0 Å². The lowest BCUT2D eigenvalue weighted by molar-refractivity contribution is 0.457. The van der Waals surface area contributed by atoms with Crippen molar-refractivity contribution < 1.29 is 5.11 Å². The number of nitrogens with zero attached hydrogens (tertiary/aromatic N) is 3. The van der Waals surface area contributed by atoms with Crippen molar-refractivity contribution >= 4 is 0 Å². The third-order valence-electron chi connectivity index (χ3n) is 3.57. The number of imidazole rings is 2. The van der Waals surface area contributed by atoms with Gasteiger partial charge in [-0.05, 0) is 13.3 Å². The fourth-order valence-electron chi connectivity index (χ4n) is 2.56. The number of benzene rings is 1. The second-order valence-electron chi connectivity index (χ2n) is 5.25. The molecule has 0 radical (unpaired) electrons. The standard InChI is InChI=1S/C16H18N4O2/c1-12-10-19(11-17-12)8-5-9-20-14(15(21)18-16(20)22)13-6-3-2-4-7-13/h2-4,6-7,10-11,21H,5,8-9H2,1H3,(H,18,22). The monoisotopic (exact) mass is 298 g/mol. The number of rotatable bonds is 5. The van der Waals surface area contributed by atoms with Crippen LogP contribution in [0.1, 0.15) is 12.1 Å². The predicted molar refractivity (Wildman–Crippen MR) is 83.7 cm³/mol. The zero-order valence-electron chi connectivity index (χ0n) is 12.4. The summed E-state index contributed by atoms with van der Waals surface area (Å²) in [7, 11) is 0. The molecule has 0 saturated carbocycles. The summed E-state index contributed by atoms with van der Waals surface area (Å²) in [6.07, 6.45) is 4.52. The van der Waals surface area contributed by atoms with Crippen LogP contribution in [0, 0.1) is 6.92 Å². The SMILES string of the molecule is Cc1cn(CCCn2c(-c3ccccc3)c(O)[nH]c2=O)cn1. The van der Waals surface area contributed by atoms with Gasteiger partial charge in [0.05, 0.1) is 12.0 Å². The van der Waals surface area contributed by atoms with Gasteiger partial charge in [-0.1, -0.05) is 30.3 Å². The number of aromatic amines is 1. The van der Waals surface area contributed by atoms with E-state index in [1.807, 2.05) is 48.0 Å². The second-order valence-corrected chi connectivity index (χ2v) is 5.25. The van der Waals surface area contributed by atoms with E-state index in [1.54, 1.807) is 10.9 Å². The van der Waals surface area contributed by atoms with E-state index < -0.39 is 0 Å². The van der Waals surface area contributed by atoms with Gasteiger partial charge in [-0.25, -0.2) is 9.78 Å². The molecule has 0 aliphatic heterocycles. The molecule has 2 N–H and O–H groups in total. The molecule has 2 heterocycles. The Morgan fingerprint density at radius 3 is 2.68 bits per heavy atom. The molecule has 0 bridgehead atoms. The Morgan fingerprint density at radius 2 is 2.00 bits per heavy atom. The summed E-state index contributed by atoms with van der Waals surface area (Å²) in [5.41, 5.74) is 2.03. The number of hydrogen-bond acceptors (Lipinski definition) is 3. The molecule has 0 atom stereocenters. The molecule has 0 unspecified atom stereocenters. The molecule has 2 aromatic heterocycles. The first-order chi connectivity index (χ1) is 10.6. The van der Waals surface area contributed by atoms with Crippen LogP contribution in [0.25, 0.3) is 11.3 Å². The highest BCUT2D eigenvalue weighted by Crippen LogP contribution is 2.26. The largest absolute Gasteiger partial charge is 0.493 e. The lowest BCUT2D eigenvalue weighted by Gasteiger charge is -2.08. The van der Waals surface area contributed by atoms with Crippen LogP contribution in [0.15, 0.2) is 47.7 Å². The summed E-state index contributed by atoms with van der Waals surface area (Å²) >= 11 is 0. The van der Waals surface area contributed by atoms with Gasteiger partial charge in [0.1, 0.15) is 5.69 Å². The van der Waals surface area contributed by atoms with E-state index in [4.69, 9.17) is 0 Å². The van der Waals surface area contributed by atoms with E-state index in [0.717, 1.165) is 24.2 Å². The number of H-pyrrole nitrogens is 1. The van der Waals surface area contributed by atoms with Crippen molar-refractivity contribution in [2.24, 2.45) is 0 Å². The van der Waals surface area contributed by atoms with Crippen LogP contribution < -0.4 is 5.69 Å². The Bertz CT molecular complexity index is 814. The van der Waals surface area contributed by atoms with E-state index in [9.17, 15) is 9.90 Å². The highest BCUT2D eigenvalue weighted by Gasteiger charge is 2.14. The lowest BCUT2D eigenvalue weighted by Crippen LogP contribution is -2.18. The van der Waals surface area contributed by atoms with Crippen molar-refractivity contribution in [3.8, 4) is 17.1 Å². The van der Waals surface area contributed by atoms with Crippen molar-refractivity contribution in [1.29, 1.82) is 0 Å². The van der Waals surface area contributed by atoms with Crippen molar-refractivity contribution in [2.45, 2.75) is 26.4 Å². The van der Waals surface area contributed by atoms with Gasteiger partial charge in [0, 0.05) is 24.8 Å². The topological polar surface area (TPSA) is 75.8 Å². The maximum atomic E-state index is 12.0. The number of aryl methyl sites for hydroxylation is 2. The third kappa shape index (κ3) is 2.81. The van der Waals surface area contributed by atoms with Gasteiger partial charge >= 0.3 is 5.69 Å². The van der Waals surface area contributed by atoms with Gasteiger partial charge in [-0.3, -0.25) is 9.55 Å². The first-order valence-electron chi connectivity index (χ1n) is 7.20. The lowest BCUT2D eigenvalue weighted by atomic mass is 10.1. The van der Waals surface area contributed by atoms with Crippen LogP contribution in [0.5, 0.6) is 5.88 Å². The van der Waals surface area contributed by atoms with Gasteiger partial charge in [0.2, 0.25) is 5.88 Å². The average molecular weight is 298 g/mol. The first kappa shape index (κ1) is 14.2. The zero-order chi connectivity index (χ0) is 15.5. The van der Waals surface area contributed by atoms with E-state index in [-0.39, 0.29) is 11.6 Å². The summed E-state index contributed by atoms with van der Waals surface area (Å²) in [6.45, 7) is 3.24. The summed E-state index contributed by atoms with van der Waals surface area (Å²) < 4.78 is 3.57. The summed E-state index contributed by atoms with van der Waals surface area (Å²) in [5, 5.41) is 9.99. The molecular weight excluding hydrogens is 280 g/mol. The highest BCUT2D eigenvalue weighted by atomic mass is 16.3. The van der Waals surface area contributed by atoms with E-state index >= 15 is 0 Å². The van der Waals surface area contributed by atoms with Crippen LogP contribution in [0.4, 0.5) is 0 Å². The molecule has 1 aromatic carbocycles. The fraction of sp³-hybridized carbons (Fsp3) is 0.250. The minimum absolute atomic E-state index is 0.0883. The molecule has 6 nitrogen and oxygen atoms in total. The Balaban J connectivity index is 1.80. The second kappa shape index (κ2) is 5.93. The smallest absolute Gasteiger partial charge is 0.328 e. The van der Waals surface area contributed by atoms with Gasteiger partial charge < -0.3 is 9.67 Å². The van der Waals surface area contributed by atoms with Crippen molar-refractivity contribution in [2.75, 3.05) is 0 Å². The Labute approximate surface area is 127 Å². The Morgan fingerprint density at radius 1 is 1.23 bits per heavy atom. The number of nitrogens with one attached hydrogen (secondary N) is 1. The summed E-state index contributed by atoms with van der Waals surface area (Å²) in [4.78, 5) is 18.7. The van der Waals surface area contributed by atoms with Gasteiger partial charge in [0.15, 0.2) is 0 Å². The summed E-state index contributed by atoms with van der Waals surface area (Å²) in [5.74, 6) is -0.0883. The molecule has 0 aliphatic rings. The maximum absolute atomic E-state index is 12.0. The molecule has 0 fully saturated rings. The minimum Gasteiger partial charge on any atom is -0.493 e. The molecule has 0 aliphatic carbocycles. The fourth-order valence-corrected chi connectivity index (χ4v) is 2.56. The molecule has 3 aromatic rings. The van der Waals surface area contributed by atoms with Gasteiger partial charge in [-0.15, -0.1) is 0 Å². The van der Waals surface area contributed by atoms with Crippen LogP contribution in [-0.2, 0) is 13.1 Å². The van der Waals surface area contributed by atoms with Crippen LogP contribution in [0.2, 0.25) is 0 Å². The molecule has 0 amide bonds. The van der Waals surface area contributed by atoms with Crippen molar-refractivity contribution in [3.05, 3.63) is 59.0 Å². The summed E-state index contributed by atoms with van der Waals surface area (Å²) in [6, 6.07) is 9.41. The van der Waals surface area contributed by atoms with Crippen molar-refractivity contribution in [3.63, 3.8) is 0 Å². The molecule has 6 heteroatoms. The minimum atomic E-state index is -0.293. The van der Waals surface area contributed by atoms with Crippen molar-refractivity contribution in [1.82, 2.24) is 19.1 Å². The molecular formula is C16H18N4O2. The van der Waals surface area contributed by atoms with E-state index in [1.165, 1.54) is 0 Å². The maximum Gasteiger partial charge on any atom is 0.328 e. The molecule has 114 valence electrons. The first-order valence-corrected chi connectivity index (χ1v) is 7.20. The Kier molecular flexibility index (Phi) is 3.82. The van der Waals surface area contributed by atoms with Gasteiger partial charge in [0.25, 0.3) is 0 Å². The number of aromatic nitrogens is 4. The zero-order valence-corrected chi connectivity index (χ0v) is 12.4. The quantitative estimate of drug-likeness (QED) is 0.757. The number of hydrogen-bond donors (Lipinski definition) is 2. The molecule has 3 rings (SSSR count). The van der Waals surface area contributed by atoms with Crippen LogP contribution in [0.3, 0.4) is 0 Å². The normalized spacial score (nSPS) is 11.0. The van der Waals surface area contributed by atoms with Crippen LogP contribution in [-0.4, -0.2) is 24.2 Å². The third-order valence-corrected chi connectivity index (χ3v) is 3.57. The van der Waals surface area contributed by atoms with E-state index in [0.29, 0.717) is 12.2 Å². The van der Waals surface area contributed by atoms with E-state index in [2.05, 4.69) is 9.97 Å².